The van der Waals surface area contributed by atoms with Crippen LogP contribution >= 0.6 is 15.9 Å². The van der Waals surface area contributed by atoms with E-state index in [2.05, 4.69) is 27.9 Å². The highest BCUT2D eigenvalue weighted by molar-refractivity contribution is 9.10. The molecule has 0 saturated heterocycles. The standard InChI is InChI=1S/C12H17BrN2O/c1-3-4-5-11(15-14)9-6-7-12(16-2)10(13)8-9/h3,6-8,11,15H,1,4-5,14H2,2H3. The SMILES string of the molecule is C=CCCC(NN)c1ccc(OC)c(Br)c1. The molecule has 3 N–H and O–H groups in total. The molecule has 0 aliphatic heterocycles. The van der Waals surface area contributed by atoms with Crippen molar-refractivity contribution < 1.29 is 4.74 Å². The van der Waals surface area contributed by atoms with E-state index in [1.165, 1.54) is 0 Å². The molecule has 0 aliphatic carbocycles. The lowest BCUT2D eigenvalue weighted by molar-refractivity contribution is 0.411. The molecule has 0 fully saturated rings. The minimum atomic E-state index is 0.139. The first-order valence-corrected chi connectivity index (χ1v) is 5.92. The highest BCUT2D eigenvalue weighted by Crippen LogP contribution is 2.29. The first-order chi connectivity index (χ1) is 7.72. The van der Waals surface area contributed by atoms with Gasteiger partial charge in [-0.2, -0.15) is 0 Å². The lowest BCUT2D eigenvalue weighted by Crippen LogP contribution is -2.27. The normalized spacial score (nSPS) is 12.2. The fourth-order valence-electron chi connectivity index (χ4n) is 1.53. The van der Waals surface area contributed by atoms with E-state index in [-0.39, 0.29) is 6.04 Å². The lowest BCUT2D eigenvalue weighted by atomic mass is 10.0. The van der Waals surface area contributed by atoms with Crippen molar-refractivity contribution in [3.8, 4) is 5.75 Å². The van der Waals surface area contributed by atoms with Gasteiger partial charge in [0.15, 0.2) is 0 Å². The van der Waals surface area contributed by atoms with Crippen molar-refractivity contribution in [2.24, 2.45) is 5.84 Å². The van der Waals surface area contributed by atoms with Crippen molar-refractivity contribution >= 4 is 15.9 Å². The number of methoxy groups -OCH3 is 1. The van der Waals surface area contributed by atoms with Crippen LogP contribution in [0.2, 0.25) is 0 Å². The number of rotatable bonds is 6. The number of benzene rings is 1. The molecule has 0 bridgehead atoms. The number of nitrogens with two attached hydrogens (primary N) is 1. The molecule has 0 amide bonds. The van der Waals surface area contributed by atoms with Crippen LogP contribution in [-0.2, 0) is 0 Å². The van der Waals surface area contributed by atoms with Crippen molar-refractivity contribution in [2.45, 2.75) is 18.9 Å². The van der Waals surface area contributed by atoms with Crippen molar-refractivity contribution in [2.75, 3.05) is 7.11 Å². The first kappa shape index (κ1) is 13.2. The highest BCUT2D eigenvalue weighted by atomic mass is 79.9. The van der Waals surface area contributed by atoms with E-state index in [9.17, 15) is 0 Å². The molecule has 3 nitrogen and oxygen atoms in total. The molecule has 0 radical (unpaired) electrons. The van der Waals surface area contributed by atoms with E-state index < -0.39 is 0 Å². The maximum Gasteiger partial charge on any atom is 0.133 e. The smallest absolute Gasteiger partial charge is 0.133 e. The van der Waals surface area contributed by atoms with Crippen LogP contribution in [0.3, 0.4) is 0 Å². The van der Waals surface area contributed by atoms with Crippen LogP contribution < -0.4 is 16.0 Å². The Kier molecular flexibility index (Phi) is 5.52. The van der Waals surface area contributed by atoms with Gasteiger partial charge in [-0.05, 0) is 46.5 Å². The Morgan fingerprint density at radius 3 is 2.88 bits per heavy atom. The highest BCUT2D eigenvalue weighted by Gasteiger charge is 2.10. The van der Waals surface area contributed by atoms with Gasteiger partial charge < -0.3 is 4.74 Å². The summed E-state index contributed by atoms with van der Waals surface area (Å²) in [6, 6.07) is 6.10. The summed E-state index contributed by atoms with van der Waals surface area (Å²) in [5, 5.41) is 0. The quantitative estimate of drug-likeness (QED) is 0.480. The average Bonchev–Trinajstić information content (AvgIpc) is 2.30. The van der Waals surface area contributed by atoms with Gasteiger partial charge in [-0.25, -0.2) is 0 Å². The van der Waals surface area contributed by atoms with Crippen LogP contribution in [0.15, 0.2) is 35.3 Å². The van der Waals surface area contributed by atoms with Crippen LogP contribution in [0.5, 0.6) is 5.75 Å². The van der Waals surface area contributed by atoms with Crippen LogP contribution in [0, 0.1) is 0 Å². The minimum absolute atomic E-state index is 0.139. The van der Waals surface area contributed by atoms with Gasteiger partial charge in [0.05, 0.1) is 11.6 Å². The topological polar surface area (TPSA) is 47.3 Å². The molecule has 0 aliphatic rings. The van der Waals surface area contributed by atoms with Crippen LogP contribution in [0.25, 0.3) is 0 Å². The average molecular weight is 285 g/mol. The number of hydrogen-bond acceptors (Lipinski definition) is 3. The Hall–Kier alpha value is -0.840. The molecule has 1 unspecified atom stereocenters. The van der Waals surface area contributed by atoms with E-state index in [0.29, 0.717) is 0 Å². The van der Waals surface area contributed by atoms with Gasteiger partial charge in [-0.1, -0.05) is 12.1 Å². The molecule has 1 rings (SSSR count). The van der Waals surface area contributed by atoms with Gasteiger partial charge in [0.2, 0.25) is 0 Å². The van der Waals surface area contributed by atoms with Gasteiger partial charge >= 0.3 is 0 Å². The number of hydrogen-bond donors (Lipinski definition) is 2. The Morgan fingerprint density at radius 2 is 2.38 bits per heavy atom. The van der Waals surface area contributed by atoms with Gasteiger partial charge in [0.1, 0.15) is 5.75 Å². The Bertz CT molecular complexity index is 355. The maximum atomic E-state index is 5.54. The van der Waals surface area contributed by atoms with Gasteiger partial charge in [-0.15, -0.1) is 6.58 Å². The molecular formula is C12H17BrN2O. The predicted molar refractivity (Wildman–Crippen MR) is 70.2 cm³/mol. The Morgan fingerprint density at radius 1 is 1.62 bits per heavy atom. The summed E-state index contributed by atoms with van der Waals surface area (Å²) in [5.41, 5.74) is 3.94. The monoisotopic (exact) mass is 284 g/mol. The van der Waals surface area contributed by atoms with E-state index in [4.69, 9.17) is 10.6 Å². The fraction of sp³-hybridized carbons (Fsp3) is 0.333. The van der Waals surface area contributed by atoms with Crippen molar-refractivity contribution in [3.05, 3.63) is 40.9 Å². The second-order valence-corrected chi connectivity index (χ2v) is 4.33. The zero-order valence-corrected chi connectivity index (χ0v) is 11.0. The number of hydrazine groups is 1. The molecule has 1 aromatic carbocycles. The largest absolute Gasteiger partial charge is 0.496 e. The molecule has 16 heavy (non-hydrogen) atoms. The molecule has 0 spiro atoms. The molecule has 88 valence electrons. The summed E-state index contributed by atoms with van der Waals surface area (Å²) in [7, 11) is 1.65. The van der Waals surface area contributed by atoms with Crippen LogP contribution in [0.4, 0.5) is 0 Å². The summed E-state index contributed by atoms with van der Waals surface area (Å²) < 4.78 is 6.12. The lowest BCUT2D eigenvalue weighted by Gasteiger charge is -2.16. The second kappa shape index (κ2) is 6.68. The first-order valence-electron chi connectivity index (χ1n) is 5.13. The van der Waals surface area contributed by atoms with Crippen molar-refractivity contribution in [3.63, 3.8) is 0 Å². The third-order valence-corrected chi connectivity index (χ3v) is 3.06. The fourth-order valence-corrected chi connectivity index (χ4v) is 2.09. The number of halogens is 1. The number of nitrogens with one attached hydrogen (secondary N) is 1. The Labute approximate surface area is 105 Å². The minimum Gasteiger partial charge on any atom is -0.496 e. The summed E-state index contributed by atoms with van der Waals surface area (Å²) >= 11 is 3.46. The van der Waals surface area contributed by atoms with Crippen molar-refractivity contribution in [1.29, 1.82) is 0 Å². The number of ether oxygens (including phenoxy) is 1. The summed E-state index contributed by atoms with van der Waals surface area (Å²) in [4.78, 5) is 0. The number of allylic oxidation sites excluding steroid dienone is 1. The molecular weight excluding hydrogens is 268 g/mol. The summed E-state index contributed by atoms with van der Waals surface area (Å²) in [5.74, 6) is 6.36. The van der Waals surface area contributed by atoms with E-state index in [1.54, 1.807) is 7.11 Å². The predicted octanol–water partition coefficient (Wildman–Crippen LogP) is 2.93. The van der Waals surface area contributed by atoms with E-state index >= 15 is 0 Å². The molecule has 0 heterocycles. The summed E-state index contributed by atoms with van der Waals surface area (Å²) in [6.07, 6.45) is 3.75. The van der Waals surface area contributed by atoms with Gasteiger partial charge in [0, 0.05) is 6.04 Å². The zero-order valence-electron chi connectivity index (χ0n) is 9.37. The van der Waals surface area contributed by atoms with Gasteiger partial charge in [-0.3, -0.25) is 11.3 Å². The maximum absolute atomic E-state index is 5.54. The van der Waals surface area contributed by atoms with Gasteiger partial charge in [0.25, 0.3) is 0 Å². The van der Waals surface area contributed by atoms with E-state index in [0.717, 1.165) is 28.6 Å². The third-order valence-electron chi connectivity index (χ3n) is 2.44. The molecule has 1 aromatic rings. The molecule has 1 atom stereocenters. The van der Waals surface area contributed by atoms with Crippen LogP contribution in [-0.4, -0.2) is 7.11 Å². The van der Waals surface area contributed by atoms with Crippen LogP contribution in [0.1, 0.15) is 24.4 Å². The second-order valence-electron chi connectivity index (χ2n) is 3.48. The Balaban J connectivity index is 2.84. The molecule has 0 aromatic heterocycles. The molecule has 4 heteroatoms. The summed E-state index contributed by atoms with van der Waals surface area (Å²) in [6.45, 7) is 3.71. The van der Waals surface area contributed by atoms with Crippen molar-refractivity contribution in [1.82, 2.24) is 5.43 Å². The van der Waals surface area contributed by atoms with E-state index in [1.807, 2.05) is 24.3 Å². The molecule has 0 saturated carbocycles. The third kappa shape index (κ3) is 3.33. The zero-order chi connectivity index (χ0) is 12.0.